The van der Waals surface area contributed by atoms with E-state index in [0.29, 0.717) is 41.1 Å². The van der Waals surface area contributed by atoms with Gasteiger partial charge in [-0.15, -0.1) is 0 Å². The van der Waals surface area contributed by atoms with Gasteiger partial charge in [-0.05, 0) is 69.3 Å². The topological polar surface area (TPSA) is 38.7 Å². The van der Waals surface area contributed by atoms with Crippen LogP contribution < -0.4 is 0 Å². The Labute approximate surface area is 257 Å². The average molecular weight is 564 g/mol. The summed E-state index contributed by atoms with van der Waals surface area (Å²) in [6, 6.07) is 44.7. The van der Waals surface area contributed by atoms with Gasteiger partial charge in [0.15, 0.2) is 17.5 Å². The molecular formula is C41H29N3. The summed E-state index contributed by atoms with van der Waals surface area (Å²) >= 11 is 0. The number of rotatable bonds is 5. The number of aromatic nitrogens is 3. The summed E-state index contributed by atoms with van der Waals surface area (Å²) in [5.74, 6) is 4.24. The molecule has 0 aliphatic heterocycles. The molecule has 0 amide bonds. The highest BCUT2D eigenvalue weighted by atomic mass is 15.0. The summed E-state index contributed by atoms with van der Waals surface area (Å²) < 4.78 is 0. The first kappa shape index (κ1) is 25.1. The fourth-order valence-electron chi connectivity index (χ4n) is 7.04. The quantitative estimate of drug-likeness (QED) is 0.196. The van der Waals surface area contributed by atoms with E-state index in [0.717, 1.165) is 27.8 Å². The summed E-state index contributed by atoms with van der Waals surface area (Å²) in [6.07, 6.45) is 9.62. The van der Waals surface area contributed by atoms with E-state index in [1.54, 1.807) is 0 Å². The van der Waals surface area contributed by atoms with Crippen LogP contribution in [0.2, 0.25) is 0 Å². The van der Waals surface area contributed by atoms with Crippen molar-refractivity contribution in [3.63, 3.8) is 0 Å². The lowest BCUT2D eigenvalue weighted by Crippen LogP contribution is -2.02. The molecule has 0 N–H and O–H groups in total. The van der Waals surface area contributed by atoms with Crippen molar-refractivity contribution >= 4 is 0 Å². The molecule has 4 aliphatic rings. The van der Waals surface area contributed by atoms with Gasteiger partial charge in [-0.1, -0.05) is 133 Å². The molecule has 1 fully saturated rings. The number of hydrogen-bond acceptors (Lipinski definition) is 3. The van der Waals surface area contributed by atoms with Gasteiger partial charge in [-0.25, -0.2) is 15.0 Å². The van der Waals surface area contributed by atoms with Crippen molar-refractivity contribution in [3.05, 3.63) is 163 Å². The third-order valence-electron chi connectivity index (χ3n) is 9.37. The van der Waals surface area contributed by atoms with Gasteiger partial charge >= 0.3 is 0 Å². The molecule has 1 aromatic heterocycles. The second kappa shape index (κ2) is 10.1. The minimum atomic E-state index is 0.302. The standard InChI is InChI=1S/C41H29N3/c1-3-9-26(10-4-1)29-13-7-15-31(23-29)39-42-40(32-16-8-14-30(24-32)27-11-5-2-6-12-27)44-41(43-39)33-19-22-36-37(25-33)28-17-20-34-35(21-18-28)38(34)36/h1-25,28,34-35,38H. The maximum atomic E-state index is 5.12. The van der Waals surface area contributed by atoms with Gasteiger partial charge in [0.25, 0.3) is 0 Å². The highest BCUT2D eigenvalue weighted by molar-refractivity contribution is 5.75. The minimum Gasteiger partial charge on any atom is -0.208 e. The van der Waals surface area contributed by atoms with E-state index >= 15 is 0 Å². The van der Waals surface area contributed by atoms with Crippen molar-refractivity contribution in [1.82, 2.24) is 15.0 Å². The zero-order valence-electron chi connectivity index (χ0n) is 24.1. The normalized spacial score (nSPS) is 20.5. The minimum absolute atomic E-state index is 0.302. The monoisotopic (exact) mass is 563 g/mol. The van der Waals surface area contributed by atoms with Gasteiger partial charge < -0.3 is 0 Å². The Kier molecular flexibility index (Phi) is 5.77. The van der Waals surface area contributed by atoms with E-state index in [-0.39, 0.29) is 0 Å². The van der Waals surface area contributed by atoms with Crippen LogP contribution in [0.3, 0.4) is 0 Å². The molecule has 2 unspecified atom stereocenters. The molecule has 10 rings (SSSR count). The predicted octanol–water partition coefficient (Wildman–Crippen LogP) is 9.76. The van der Waals surface area contributed by atoms with E-state index in [9.17, 15) is 0 Å². The molecular weight excluding hydrogens is 534 g/mol. The second-order valence-corrected chi connectivity index (χ2v) is 12.0. The Bertz CT molecular complexity index is 1970. The Balaban J connectivity index is 1.20. The first-order valence-corrected chi connectivity index (χ1v) is 15.4. The Morgan fingerprint density at radius 3 is 1.32 bits per heavy atom. The third-order valence-corrected chi connectivity index (χ3v) is 9.37. The van der Waals surface area contributed by atoms with Crippen LogP contribution >= 0.6 is 0 Å². The van der Waals surface area contributed by atoms with Crippen LogP contribution in [0, 0.1) is 11.8 Å². The molecule has 3 nitrogen and oxygen atoms in total. The molecule has 1 saturated carbocycles. The van der Waals surface area contributed by atoms with Crippen LogP contribution in [0.5, 0.6) is 0 Å². The second-order valence-electron chi connectivity index (χ2n) is 12.0. The first-order chi connectivity index (χ1) is 21.8. The van der Waals surface area contributed by atoms with Crippen molar-refractivity contribution in [2.75, 3.05) is 0 Å². The third kappa shape index (κ3) is 4.32. The molecule has 5 aromatic carbocycles. The summed E-state index contributed by atoms with van der Waals surface area (Å²) in [4.78, 5) is 15.3. The van der Waals surface area contributed by atoms with Crippen molar-refractivity contribution in [2.24, 2.45) is 11.8 Å². The van der Waals surface area contributed by atoms with Crippen LogP contribution in [-0.4, -0.2) is 15.0 Å². The predicted molar refractivity (Wildman–Crippen MR) is 178 cm³/mol. The van der Waals surface area contributed by atoms with E-state index in [2.05, 4.69) is 140 Å². The van der Waals surface area contributed by atoms with Crippen molar-refractivity contribution in [2.45, 2.75) is 11.8 Å². The van der Waals surface area contributed by atoms with E-state index in [1.807, 2.05) is 12.1 Å². The number of hydrogen-bond donors (Lipinski definition) is 0. The van der Waals surface area contributed by atoms with Gasteiger partial charge in [0.2, 0.25) is 0 Å². The Hall–Kier alpha value is -5.41. The zero-order chi connectivity index (χ0) is 29.0. The summed E-state index contributed by atoms with van der Waals surface area (Å²) in [5, 5.41) is 0. The van der Waals surface area contributed by atoms with Crippen LogP contribution in [0.4, 0.5) is 0 Å². The van der Waals surface area contributed by atoms with Gasteiger partial charge in [0.05, 0.1) is 0 Å². The van der Waals surface area contributed by atoms with Crippen LogP contribution in [0.15, 0.2) is 152 Å². The van der Waals surface area contributed by atoms with Crippen LogP contribution in [0.1, 0.15) is 23.0 Å². The molecule has 6 aromatic rings. The molecule has 44 heavy (non-hydrogen) atoms. The smallest absolute Gasteiger partial charge is 0.164 e. The largest absolute Gasteiger partial charge is 0.208 e. The Morgan fingerprint density at radius 2 is 0.795 bits per heavy atom. The highest BCUT2D eigenvalue weighted by Crippen LogP contribution is 2.61. The average Bonchev–Trinajstić information content (AvgIpc) is 3.88. The Morgan fingerprint density at radius 1 is 0.341 bits per heavy atom. The van der Waals surface area contributed by atoms with Crippen molar-refractivity contribution in [1.29, 1.82) is 0 Å². The molecule has 208 valence electrons. The fourth-order valence-corrected chi connectivity index (χ4v) is 7.04. The van der Waals surface area contributed by atoms with E-state index < -0.39 is 0 Å². The number of nitrogens with zero attached hydrogens (tertiary/aromatic N) is 3. The lowest BCUT2D eigenvalue weighted by molar-refractivity contribution is 0.999. The summed E-state index contributed by atoms with van der Waals surface area (Å²) in [7, 11) is 0. The van der Waals surface area contributed by atoms with Gasteiger partial charge in [-0.3, -0.25) is 0 Å². The lowest BCUT2D eigenvalue weighted by atomic mass is 9.92. The fraction of sp³-hybridized carbons (Fsp3) is 0.0976. The maximum Gasteiger partial charge on any atom is 0.164 e. The van der Waals surface area contributed by atoms with E-state index in [4.69, 9.17) is 15.0 Å². The van der Waals surface area contributed by atoms with Gasteiger partial charge in [0.1, 0.15) is 0 Å². The highest BCUT2D eigenvalue weighted by Gasteiger charge is 2.51. The molecule has 4 aliphatic carbocycles. The molecule has 0 radical (unpaired) electrons. The molecule has 0 saturated heterocycles. The maximum absolute atomic E-state index is 5.12. The molecule has 1 heterocycles. The van der Waals surface area contributed by atoms with Gasteiger partial charge in [-0.2, -0.15) is 0 Å². The summed E-state index contributed by atoms with van der Waals surface area (Å²) in [6.45, 7) is 0. The van der Waals surface area contributed by atoms with Crippen molar-refractivity contribution in [3.8, 4) is 56.4 Å². The molecule has 3 heteroatoms. The van der Waals surface area contributed by atoms with Crippen molar-refractivity contribution < 1.29 is 0 Å². The number of benzene rings is 5. The van der Waals surface area contributed by atoms with Crippen LogP contribution in [0.25, 0.3) is 56.4 Å². The molecule has 0 spiro atoms. The van der Waals surface area contributed by atoms with E-state index in [1.165, 1.54) is 22.3 Å². The first-order valence-electron chi connectivity index (χ1n) is 15.4. The lowest BCUT2D eigenvalue weighted by Gasteiger charge is -2.15. The molecule has 4 bridgehead atoms. The molecule has 2 atom stereocenters. The zero-order valence-corrected chi connectivity index (χ0v) is 24.1. The SMILES string of the molecule is C1=CC2C3C=CC1c1cc(-c4nc(-c5cccc(-c6ccccc6)c5)nc(-c5cccc(-c6ccccc6)c5)n4)ccc1C23. The number of allylic oxidation sites excluding steroid dienone is 4. The van der Waals surface area contributed by atoms with Crippen LogP contribution in [-0.2, 0) is 0 Å². The summed E-state index contributed by atoms with van der Waals surface area (Å²) in [5.41, 5.74) is 10.4. The van der Waals surface area contributed by atoms with Gasteiger partial charge in [0, 0.05) is 22.6 Å².